The summed E-state index contributed by atoms with van der Waals surface area (Å²) in [5, 5.41) is 0.472. The van der Waals surface area contributed by atoms with E-state index in [1.807, 2.05) is 0 Å². The van der Waals surface area contributed by atoms with E-state index in [9.17, 15) is 4.79 Å². The molecular weight excluding hydrogens is 386 g/mol. The highest BCUT2D eigenvalue weighted by molar-refractivity contribution is 5.89. The lowest BCUT2D eigenvalue weighted by Gasteiger charge is -2.48. The van der Waals surface area contributed by atoms with E-state index in [2.05, 4.69) is 9.88 Å². The van der Waals surface area contributed by atoms with Gasteiger partial charge in [0.05, 0.1) is 46.3 Å². The Morgan fingerprint density at radius 3 is 2.37 bits per heavy atom. The number of fused-ring (bicyclic) bond motifs is 1. The third kappa shape index (κ3) is 3.63. The van der Waals surface area contributed by atoms with Crippen LogP contribution in [0.2, 0.25) is 0 Å². The van der Waals surface area contributed by atoms with Crippen molar-refractivity contribution < 1.29 is 18.9 Å². The minimum Gasteiger partial charge on any atom is -0.493 e. The van der Waals surface area contributed by atoms with Crippen molar-refractivity contribution in [3.63, 3.8) is 0 Å². The zero-order valence-corrected chi connectivity index (χ0v) is 18.1. The van der Waals surface area contributed by atoms with Crippen molar-refractivity contribution >= 4 is 10.9 Å². The summed E-state index contributed by atoms with van der Waals surface area (Å²) in [5.41, 5.74) is 0.375. The number of methoxy groups -OCH3 is 3. The molecular formula is C22H31N3O5. The van der Waals surface area contributed by atoms with Crippen LogP contribution < -0.4 is 19.8 Å². The summed E-state index contributed by atoms with van der Waals surface area (Å²) in [7, 11) is 4.63. The van der Waals surface area contributed by atoms with Crippen LogP contribution >= 0.6 is 0 Å². The smallest absolute Gasteiger partial charge is 0.261 e. The first kappa shape index (κ1) is 20.9. The van der Waals surface area contributed by atoms with Gasteiger partial charge in [0.2, 0.25) is 5.75 Å². The van der Waals surface area contributed by atoms with Gasteiger partial charge in [-0.2, -0.15) is 0 Å². The van der Waals surface area contributed by atoms with Crippen LogP contribution in [0.4, 0.5) is 0 Å². The molecule has 1 aliphatic heterocycles. The molecule has 1 aliphatic carbocycles. The van der Waals surface area contributed by atoms with Crippen molar-refractivity contribution in [2.45, 2.75) is 44.2 Å². The van der Waals surface area contributed by atoms with Gasteiger partial charge >= 0.3 is 0 Å². The van der Waals surface area contributed by atoms with E-state index in [1.54, 1.807) is 38.3 Å². The SMILES string of the molecule is COc1cc2c(=O)n(CC3(N4CCOCC4)CCCCC3)cnc2c(OC)c1OC. The Morgan fingerprint density at radius 2 is 1.73 bits per heavy atom. The molecule has 164 valence electrons. The molecule has 0 unspecified atom stereocenters. The van der Waals surface area contributed by atoms with Gasteiger partial charge < -0.3 is 18.9 Å². The zero-order chi connectivity index (χ0) is 21.1. The highest BCUT2D eigenvalue weighted by atomic mass is 16.5. The van der Waals surface area contributed by atoms with E-state index >= 15 is 0 Å². The number of nitrogens with zero attached hydrogens (tertiary/aromatic N) is 3. The largest absolute Gasteiger partial charge is 0.493 e. The van der Waals surface area contributed by atoms with Gasteiger partial charge in [-0.05, 0) is 18.9 Å². The maximum atomic E-state index is 13.5. The van der Waals surface area contributed by atoms with Gasteiger partial charge in [0, 0.05) is 25.2 Å². The molecule has 2 aliphatic rings. The lowest BCUT2D eigenvalue weighted by molar-refractivity contribution is -0.0450. The summed E-state index contributed by atoms with van der Waals surface area (Å²) in [4.78, 5) is 20.6. The van der Waals surface area contributed by atoms with E-state index < -0.39 is 0 Å². The lowest BCUT2D eigenvalue weighted by Crippen LogP contribution is -2.57. The molecule has 1 aromatic heterocycles. The van der Waals surface area contributed by atoms with Crippen molar-refractivity contribution in [1.29, 1.82) is 0 Å². The van der Waals surface area contributed by atoms with Gasteiger partial charge in [0.1, 0.15) is 5.52 Å². The van der Waals surface area contributed by atoms with Crippen molar-refractivity contribution in [3.8, 4) is 17.2 Å². The van der Waals surface area contributed by atoms with Gasteiger partial charge in [-0.3, -0.25) is 14.3 Å². The minimum absolute atomic E-state index is 0.0259. The molecule has 1 saturated heterocycles. The van der Waals surface area contributed by atoms with Crippen molar-refractivity contribution in [2.24, 2.45) is 0 Å². The predicted molar refractivity (Wildman–Crippen MR) is 114 cm³/mol. The second-order valence-corrected chi connectivity index (χ2v) is 8.10. The fourth-order valence-corrected chi connectivity index (χ4v) is 5.02. The molecule has 0 radical (unpaired) electrons. The molecule has 1 saturated carbocycles. The number of benzene rings is 1. The van der Waals surface area contributed by atoms with Crippen LogP contribution in [0.5, 0.6) is 17.2 Å². The van der Waals surface area contributed by atoms with E-state index in [0.717, 1.165) is 39.1 Å². The van der Waals surface area contributed by atoms with E-state index in [1.165, 1.54) is 19.3 Å². The summed E-state index contributed by atoms with van der Waals surface area (Å²) >= 11 is 0. The molecule has 30 heavy (non-hydrogen) atoms. The summed E-state index contributed by atoms with van der Waals surface area (Å²) in [5.74, 6) is 1.31. The lowest BCUT2D eigenvalue weighted by atomic mass is 9.79. The van der Waals surface area contributed by atoms with Gasteiger partial charge in [0.25, 0.3) is 5.56 Å². The van der Waals surface area contributed by atoms with E-state index in [-0.39, 0.29) is 11.1 Å². The molecule has 8 nitrogen and oxygen atoms in total. The standard InChI is InChI=1S/C22H31N3O5/c1-27-17-13-16-18(20(29-3)19(17)28-2)23-15-24(21(16)26)14-22(7-5-4-6-8-22)25-9-11-30-12-10-25/h13,15H,4-12,14H2,1-3H3. The fourth-order valence-electron chi connectivity index (χ4n) is 5.02. The topological polar surface area (TPSA) is 75.1 Å². The predicted octanol–water partition coefficient (Wildman–Crippen LogP) is 2.46. The summed E-state index contributed by atoms with van der Waals surface area (Å²) in [6, 6.07) is 1.70. The van der Waals surface area contributed by atoms with Crippen LogP contribution in [0.25, 0.3) is 10.9 Å². The summed E-state index contributed by atoms with van der Waals surface area (Å²) < 4.78 is 23.7. The Labute approximate surface area is 176 Å². The molecule has 4 rings (SSSR count). The van der Waals surface area contributed by atoms with Crippen molar-refractivity contribution in [2.75, 3.05) is 47.6 Å². The third-order valence-electron chi connectivity index (χ3n) is 6.55. The van der Waals surface area contributed by atoms with E-state index in [4.69, 9.17) is 18.9 Å². The molecule has 8 heteroatoms. The third-order valence-corrected chi connectivity index (χ3v) is 6.55. The van der Waals surface area contributed by atoms with Gasteiger partial charge in [-0.25, -0.2) is 4.98 Å². The highest BCUT2D eigenvalue weighted by Gasteiger charge is 2.39. The maximum Gasteiger partial charge on any atom is 0.261 e. The molecule has 0 spiro atoms. The molecule has 2 heterocycles. The Kier molecular flexibility index (Phi) is 6.15. The number of hydrogen-bond donors (Lipinski definition) is 0. The second kappa shape index (κ2) is 8.81. The van der Waals surface area contributed by atoms with Crippen molar-refractivity contribution in [3.05, 3.63) is 22.7 Å². The Morgan fingerprint density at radius 1 is 1.03 bits per heavy atom. The van der Waals surface area contributed by atoms with E-state index in [0.29, 0.717) is 34.7 Å². The van der Waals surface area contributed by atoms with Crippen molar-refractivity contribution in [1.82, 2.24) is 14.5 Å². The number of hydrogen-bond acceptors (Lipinski definition) is 7. The van der Waals surface area contributed by atoms with Gasteiger partial charge in [0.15, 0.2) is 11.5 Å². The minimum atomic E-state index is -0.0857. The first-order chi connectivity index (χ1) is 14.6. The van der Waals surface area contributed by atoms with Gasteiger partial charge in [-0.1, -0.05) is 19.3 Å². The molecule has 2 aromatic rings. The van der Waals surface area contributed by atoms with Crippen LogP contribution in [0.15, 0.2) is 17.2 Å². The van der Waals surface area contributed by atoms with Crippen LogP contribution in [0.3, 0.4) is 0 Å². The fraction of sp³-hybridized carbons (Fsp3) is 0.636. The van der Waals surface area contributed by atoms with Crippen LogP contribution in [-0.4, -0.2) is 67.6 Å². The first-order valence-corrected chi connectivity index (χ1v) is 10.6. The zero-order valence-electron chi connectivity index (χ0n) is 18.1. The Bertz CT molecular complexity index is 946. The number of rotatable bonds is 6. The average molecular weight is 418 g/mol. The highest BCUT2D eigenvalue weighted by Crippen LogP contribution is 2.41. The number of ether oxygens (including phenoxy) is 4. The monoisotopic (exact) mass is 417 g/mol. The maximum absolute atomic E-state index is 13.5. The van der Waals surface area contributed by atoms with Gasteiger partial charge in [-0.15, -0.1) is 0 Å². The second-order valence-electron chi connectivity index (χ2n) is 8.10. The average Bonchev–Trinajstić information content (AvgIpc) is 2.80. The molecule has 0 N–H and O–H groups in total. The Balaban J connectivity index is 1.78. The molecule has 0 atom stereocenters. The normalized spacial score (nSPS) is 19.6. The summed E-state index contributed by atoms with van der Waals surface area (Å²) in [6.07, 6.45) is 7.46. The Hall–Kier alpha value is -2.32. The molecule has 1 aromatic carbocycles. The molecule has 0 bridgehead atoms. The first-order valence-electron chi connectivity index (χ1n) is 10.6. The molecule has 2 fully saturated rings. The quantitative estimate of drug-likeness (QED) is 0.715. The van der Waals surface area contributed by atoms with Crippen LogP contribution in [0, 0.1) is 0 Å². The summed E-state index contributed by atoms with van der Waals surface area (Å²) in [6.45, 7) is 3.95. The number of morpholine rings is 1. The number of aromatic nitrogens is 2. The molecule has 0 amide bonds. The van der Waals surface area contributed by atoms with Crippen LogP contribution in [-0.2, 0) is 11.3 Å². The van der Waals surface area contributed by atoms with Crippen LogP contribution in [0.1, 0.15) is 32.1 Å².